The van der Waals surface area contributed by atoms with Crippen LogP contribution in [0.15, 0.2) is 54.6 Å². The Morgan fingerprint density at radius 1 is 0.952 bits per heavy atom. The van der Waals surface area contributed by atoms with Crippen LogP contribution in [0.5, 0.6) is 0 Å². The maximum Gasteiger partial charge on any atom is 0.139 e. The Morgan fingerprint density at radius 3 is 2.29 bits per heavy atom. The summed E-state index contributed by atoms with van der Waals surface area (Å²) in [6.45, 7) is 1.95. The Hall–Kier alpha value is -2.33. The molecule has 0 aliphatic carbocycles. The summed E-state index contributed by atoms with van der Waals surface area (Å²) in [6, 6.07) is 16.2. The molecule has 0 amide bonds. The quantitative estimate of drug-likeness (QED) is 0.680. The van der Waals surface area contributed by atoms with E-state index in [0.717, 1.165) is 22.4 Å². The van der Waals surface area contributed by atoms with Gasteiger partial charge in [-0.3, -0.25) is 0 Å². The van der Waals surface area contributed by atoms with E-state index in [9.17, 15) is 4.39 Å². The molecule has 4 heteroatoms. The zero-order valence-corrected chi connectivity index (χ0v) is 12.2. The highest BCUT2D eigenvalue weighted by Crippen LogP contribution is 2.24. The van der Waals surface area contributed by atoms with Crippen LogP contribution in [0.4, 0.5) is 4.39 Å². The molecular formula is C17H13FN2S. The summed E-state index contributed by atoms with van der Waals surface area (Å²) in [5, 5.41) is 0. The molecule has 104 valence electrons. The molecule has 2 aromatic carbocycles. The van der Waals surface area contributed by atoms with Crippen molar-refractivity contribution < 1.29 is 4.39 Å². The molecule has 1 aromatic heterocycles. The molecular weight excluding hydrogens is 283 g/mol. The first-order chi connectivity index (χ1) is 10.1. The minimum atomic E-state index is -0.271. The van der Waals surface area contributed by atoms with E-state index in [1.165, 1.54) is 12.1 Å². The van der Waals surface area contributed by atoms with Crippen molar-refractivity contribution in [3.05, 3.63) is 70.6 Å². The number of benzene rings is 2. The Morgan fingerprint density at radius 2 is 1.62 bits per heavy atom. The molecule has 0 radical (unpaired) electrons. The second-order valence-electron chi connectivity index (χ2n) is 4.76. The van der Waals surface area contributed by atoms with Gasteiger partial charge in [-0.2, -0.15) is 0 Å². The second kappa shape index (κ2) is 5.58. The summed E-state index contributed by atoms with van der Waals surface area (Å²) in [6.07, 6.45) is 0. The van der Waals surface area contributed by atoms with Gasteiger partial charge in [0.05, 0.1) is 5.69 Å². The first-order valence-corrected chi connectivity index (χ1v) is 6.98. The van der Waals surface area contributed by atoms with Gasteiger partial charge in [-0.25, -0.2) is 9.37 Å². The standard InChI is InChI=1S/C17H13FN2S/c1-11-15(12-5-3-2-4-6-12)19-16(20-17(11)21)13-7-9-14(18)10-8-13/h2-10H,1H3,(H,19,20,21). The molecule has 1 N–H and O–H groups in total. The van der Waals surface area contributed by atoms with Gasteiger partial charge in [-0.15, -0.1) is 0 Å². The number of hydrogen-bond acceptors (Lipinski definition) is 2. The van der Waals surface area contributed by atoms with Gasteiger partial charge in [0, 0.05) is 11.1 Å². The molecule has 1 heterocycles. The lowest BCUT2D eigenvalue weighted by Gasteiger charge is -2.10. The smallest absolute Gasteiger partial charge is 0.139 e. The number of H-pyrrole nitrogens is 1. The van der Waals surface area contributed by atoms with Crippen LogP contribution in [0.1, 0.15) is 5.56 Å². The lowest BCUT2D eigenvalue weighted by Crippen LogP contribution is -1.97. The van der Waals surface area contributed by atoms with Crippen LogP contribution in [0.3, 0.4) is 0 Å². The van der Waals surface area contributed by atoms with E-state index in [-0.39, 0.29) is 5.82 Å². The highest BCUT2D eigenvalue weighted by molar-refractivity contribution is 7.71. The lowest BCUT2D eigenvalue weighted by molar-refractivity contribution is 0.628. The van der Waals surface area contributed by atoms with E-state index in [0.29, 0.717) is 10.5 Å². The molecule has 3 rings (SSSR count). The van der Waals surface area contributed by atoms with Crippen molar-refractivity contribution in [2.75, 3.05) is 0 Å². The number of aromatic nitrogens is 2. The van der Waals surface area contributed by atoms with E-state index in [4.69, 9.17) is 12.2 Å². The van der Waals surface area contributed by atoms with Crippen molar-refractivity contribution in [2.45, 2.75) is 6.92 Å². The van der Waals surface area contributed by atoms with Crippen molar-refractivity contribution in [2.24, 2.45) is 0 Å². The van der Waals surface area contributed by atoms with Crippen LogP contribution in [0.25, 0.3) is 22.6 Å². The number of rotatable bonds is 2. The maximum absolute atomic E-state index is 13.0. The van der Waals surface area contributed by atoms with E-state index in [2.05, 4.69) is 9.97 Å². The predicted molar refractivity (Wildman–Crippen MR) is 85.0 cm³/mol. The van der Waals surface area contributed by atoms with E-state index in [1.54, 1.807) is 12.1 Å². The van der Waals surface area contributed by atoms with Crippen molar-refractivity contribution in [1.29, 1.82) is 0 Å². The zero-order chi connectivity index (χ0) is 14.8. The van der Waals surface area contributed by atoms with Crippen molar-refractivity contribution in [3.8, 4) is 22.6 Å². The molecule has 0 spiro atoms. The van der Waals surface area contributed by atoms with E-state index >= 15 is 0 Å². The predicted octanol–water partition coefficient (Wildman–Crippen LogP) is 4.92. The van der Waals surface area contributed by atoms with E-state index in [1.807, 2.05) is 37.3 Å². The summed E-state index contributed by atoms with van der Waals surface area (Å²) in [7, 11) is 0. The van der Waals surface area contributed by atoms with Gasteiger partial charge < -0.3 is 4.98 Å². The van der Waals surface area contributed by atoms with Gasteiger partial charge in [0.1, 0.15) is 16.3 Å². The molecule has 0 saturated carbocycles. The minimum absolute atomic E-state index is 0.271. The largest absolute Gasteiger partial charge is 0.339 e. The van der Waals surface area contributed by atoms with Gasteiger partial charge in [-0.1, -0.05) is 42.5 Å². The molecule has 2 nitrogen and oxygen atoms in total. The summed E-state index contributed by atoms with van der Waals surface area (Å²) in [5.41, 5.74) is 3.73. The minimum Gasteiger partial charge on any atom is -0.339 e. The zero-order valence-electron chi connectivity index (χ0n) is 11.4. The van der Waals surface area contributed by atoms with Gasteiger partial charge in [-0.05, 0) is 36.8 Å². The summed E-state index contributed by atoms with van der Waals surface area (Å²) < 4.78 is 13.6. The van der Waals surface area contributed by atoms with Crippen molar-refractivity contribution in [3.63, 3.8) is 0 Å². The number of aromatic amines is 1. The van der Waals surface area contributed by atoms with Crippen LogP contribution in [0, 0.1) is 17.4 Å². The summed E-state index contributed by atoms with van der Waals surface area (Å²) >= 11 is 5.35. The van der Waals surface area contributed by atoms with Crippen LogP contribution < -0.4 is 0 Å². The number of nitrogens with one attached hydrogen (secondary N) is 1. The first-order valence-electron chi connectivity index (χ1n) is 6.57. The second-order valence-corrected chi connectivity index (χ2v) is 5.15. The topological polar surface area (TPSA) is 28.7 Å². The maximum atomic E-state index is 13.0. The molecule has 0 fully saturated rings. The van der Waals surface area contributed by atoms with E-state index < -0.39 is 0 Å². The summed E-state index contributed by atoms with van der Waals surface area (Å²) in [5.74, 6) is 0.372. The number of halogens is 1. The monoisotopic (exact) mass is 296 g/mol. The van der Waals surface area contributed by atoms with Crippen molar-refractivity contribution >= 4 is 12.2 Å². The van der Waals surface area contributed by atoms with Gasteiger partial charge in [0.25, 0.3) is 0 Å². The van der Waals surface area contributed by atoms with Crippen LogP contribution in [-0.4, -0.2) is 9.97 Å². The van der Waals surface area contributed by atoms with Gasteiger partial charge >= 0.3 is 0 Å². The van der Waals surface area contributed by atoms with Crippen LogP contribution >= 0.6 is 12.2 Å². The normalized spacial score (nSPS) is 10.6. The molecule has 0 bridgehead atoms. The van der Waals surface area contributed by atoms with Crippen LogP contribution in [0.2, 0.25) is 0 Å². The fraction of sp³-hybridized carbons (Fsp3) is 0.0588. The Kier molecular flexibility index (Phi) is 3.62. The third kappa shape index (κ3) is 2.76. The SMILES string of the molecule is Cc1c(-c2ccccc2)[nH]c(-c2ccc(F)cc2)nc1=S. The summed E-state index contributed by atoms with van der Waals surface area (Å²) in [4.78, 5) is 7.70. The molecule has 0 unspecified atom stereocenters. The first kappa shape index (κ1) is 13.6. The molecule has 3 aromatic rings. The molecule has 0 aliphatic heterocycles. The Bertz CT molecular complexity index is 824. The molecule has 21 heavy (non-hydrogen) atoms. The Labute approximate surface area is 127 Å². The Balaban J connectivity index is 2.19. The lowest BCUT2D eigenvalue weighted by atomic mass is 10.1. The third-order valence-corrected chi connectivity index (χ3v) is 3.73. The number of hydrogen-bond donors (Lipinski definition) is 1. The average Bonchev–Trinajstić information content (AvgIpc) is 2.51. The average molecular weight is 296 g/mol. The molecule has 0 saturated heterocycles. The molecule has 0 aliphatic rings. The fourth-order valence-electron chi connectivity index (χ4n) is 2.17. The third-order valence-electron chi connectivity index (χ3n) is 3.33. The highest BCUT2D eigenvalue weighted by Gasteiger charge is 2.08. The fourth-order valence-corrected chi connectivity index (χ4v) is 2.36. The molecule has 0 atom stereocenters. The van der Waals surface area contributed by atoms with Gasteiger partial charge in [0.2, 0.25) is 0 Å². The van der Waals surface area contributed by atoms with Gasteiger partial charge in [0.15, 0.2) is 0 Å². The van der Waals surface area contributed by atoms with Crippen LogP contribution in [-0.2, 0) is 0 Å². The number of nitrogens with zero attached hydrogens (tertiary/aromatic N) is 1. The van der Waals surface area contributed by atoms with Crippen molar-refractivity contribution in [1.82, 2.24) is 9.97 Å². The highest BCUT2D eigenvalue weighted by atomic mass is 32.1.